The van der Waals surface area contributed by atoms with E-state index in [2.05, 4.69) is 21.0 Å². The fraction of sp³-hybridized carbons (Fsp3) is 0.409. The normalized spacial score (nSPS) is 15.4. The zero-order chi connectivity index (χ0) is 24.5. The lowest BCUT2D eigenvalue weighted by Crippen LogP contribution is -2.32. The van der Waals surface area contributed by atoms with Gasteiger partial charge >= 0.3 is 11.7 Å². The van der Waals surface area contributed by atoms with Crippen LogP contribution in [0.4, 0.5) is 0 Å². The molecule has 0 fully saturated rings. The number of sulfonamides is 1. The van der Waals surface area contributed by atoms with E-state index in [1.807, 2.05) is 19.1 Å². The minimum absolute atomic E-state index is 0.00315. The second kappa shape index (κ2) is 9.72. The number of carbonyl (C=O) groups excluding carboxylic acids is 1. The number of carbonyl (C=O) groups is 1. The average Bonchev–Trinajstić information content (AvgIpc) is 3.48. The van der Waals surface area contributed by atoms with Crippen LogP contribution in [0, 0.1) is 0 Å². The van der Waals surface area contributed by atoms with Crippen LogP contribution in [0.1, 0.15) is 64.7 Å². The summed E-state index contributed by atoms with van der Waals surface area (Å²) in [6, 6.07) is 5.00. The maximum Gasteiger partial charge on any atom is 0.434 e. The molecule has 0 spiro atoms. The van der Waals surface area contributed by atoms with Crippen molar-refractivity contribution in [2.45, 2.75) is 48.8 Å². The number of hydrogen-bond acceptors (Lipinski definition) is 9. The number of aromatic amines is 1. The Hall–Kier alpha value is -2.96. The van der Waals surface area contributed by atoms with E-state index < -0.39 is 33.7 Å². The Morgan fingerprint density at radius 3 is 2.71 bits per heavy atom. The van der Waals surface area contributed by atoms with E-state index in [-0.39, 0.29) is 21.4 Å². The predicted molar refractivity (Wildman–Crippen MR) is 124 cm³/mol. The van der Waals surface area contributed by atoms with Crippen molar-refractivity contribution in [1.82, 2.24) is 14.9 Å². The number of rotatable bonds is 8. The Morgan fingerprint density at radius 2 is 2.03 bits per heavy atom. The number of ether oxygens (including phenoxy) is 2. The number of H-pyrrole nitrogens is 1. The van der Waals surface area contributed by atoms with E-state index in [4.69, 9.17) is 13.9 Å². The van der Waals surface area contributed by atoms with Gasteiger partial charge in [-0.25, -0.2) is 23.1 Å². The summed E-state index contributed by atoms with van der Waals surface area (Å²) < 4.78 is 44.5. The summed E-state index contributed by atoms with van der Waals surface area (Å²) >= 11 is 0.827. The summed E-state index contributed by atoms with van der Waals surface area (Å²) in [7, 11) is -1.74. The summed E-state index contributed by atoms with van der Waals surface area (Å²) in [6.07, 6.45) is 4.01. The van der Waals surface area contributed by atoms with Crippen LogP contribution >= 0.6 is 11.3 Å². The number of esters is 1. The highest BCUT2D eigenvalue weighted by Crippen LogP contribution is 2.39. The third-order valence-corrected chi connectivity index (χ3v) is 8.93. The molecular weight excluding hydrogens is 482 g/mol. The lowest BCUT2D eigenvalue weighted by atomic mass is 9.82. The molecule has 4 rings (SSSR count). The number of thiophene rings is 1. The molecule has 1 aliphatic carbocycles. The minimum atomic E-state index is -4.22. The molecule has 12 heteroatoms. The van der Waals surface area contributed by atoms with E-state index in [1.54, 1.807) is 0 Å². The van der Waals surface area contributed by atoms with Gasteiger partial charge in [0.25, 0.3) is 10.0 Å². The zero-order valence-electron chi connectivity index (χ0n) is 18.9. The second-order valence-corrected chi connectivity index (χ2v) is 10.8. The molecular formula is C22H25N3O7S2. The molecule has 3 aromatic rings. The van der Waals surface area contributed by atoms with Crippen LogP contribution in [0.3, 0.4) is 0 Å². The smallest absolute Gasteiger partial charge is 0.434 e. The minimum Gasteiger partial charge on any atom is -0.494 e. The molecule has 0 saturated heterocycles. The van der Waals surface area contributed by atoms with Crippen LogP contribution in [0.15, 0.2) is 37.0 Å². The van der Waals surface area contributed by atoms with Gasteiger partial charge in [0.1, 0.15) is 11.6 Å². The third-order valence-electron chi connectivity index (χ3n) is 5.99. The maximum atomic E-state index is 13.5. The molecule has 0 aliphatic heterocycles. The fourth-order valence-corrected chi connectivity index (χ4v) is 7.04. The number of aryl methyl sites for hydroxylation is 1. The van der Waals surface area contributed by atoms with Gasteiger partial charge in [0.05, 0.1) is 14.2 Å². The van der Waals surface area contributed by atoms with Gasteiger partial charge in [0.15, 0.2) is 9.96 Å². The summed E-state index contributed by atoms with van der Waals surface area (Å²) in [5.41, 5.74) is 3.39. The summed E-state index contributed by atoms with van der Waals surface area (Å²) in [4.78, 5) is 23.7. The predicted octanol–water partition coefficient (Wildman–Crippen LogP) is 2.92. The Bertz CT molecular complexity index is 1360. The molecule has 10 nitrogen and oxygen atoms in total. The monoisotopic (exact) mass is 507 g/mol. The van der Waals surface area contributed by atoms with Crippen LogP contribution in [0.2, 0.25) is 0 Å². The quantitative estimate of drug-likeness (QED) is 0.444. The van der Waals surface area contributed by atoms with Crippen molar-refractivity contribution in [2.75, 3.05) is 14.2 Å². The van der Waals surface area contributed by atoms with Crippen molar-refractivity contribution in [3.63, 3.8) is 0 Å². The molecule has 2 heterocycles. The maximum absolute atomic E-state index is 13.5. The molecule has 0 radical (unpaired) electrons. The van der Waals surface area contributed by atoms with Crippen LogP contribution in [0.5, 0.6) is 5.75 Å². The van der Waals surface area contributed by atoms with Crippen LogP contribution in [0.25, 0.3) is 0 Å². The first kappa shape index (κ1) is 24.2. The largest absolute Gasteiger partial charge is 0.494 e. The van der Waals surface area contributed by atoms with Gasteiger partial charge < -0.3 is 13.9 Å². The lowest BCUT2D eigenvalue weighted by Gasteiger charge is -2.27. The van der Waals surface area contributed by atoms with Crippen LogP contribution in [-0.2, 0) is 27.6 Å². The zero-order valence-corrected chi connectivity index (χ0v) is 20.5. The molecule has 34 heavy (non-hydrogen) atoms. The molecule has 2 aromatic heterocycles. The molecule has 2 atom stereocenters. The molecule has 1 aromatic carbocycles. The van der Waals surface area contributed by atoms with Crippen molar-refractivity contribution in [2.24, 2.45) is 0 Å². The molecule has 0 unspecified atom stereocenters. The van der Waals surface area contributed by atoms with Gasteiger partial charge in [0.2, 0.25) is 5.89 Å². The van der Waals surface area contributed by atoms with Gasteiger partial charge in [-0.15, -0.1) is 16.4 Å². The van der Waals surface area contributed by atoms with Crippen molar-refractivity contribution >= 4 is 27.3 Å². The van der Waals surface area contributed by atoms with E-state index in [1.165, 1.54) is 30.7 Å². The highest BCUT2D eigenvalue weighted by atomic mass is 32.2. The molecule has 0 saturated carbocycles. The molecule has 1 aliphatic rings. The van der Waals surface area contributed by atoms with Crippen molar-refractivity contribution in [1.29, 1.82) is 0 Å². The van der Waals surface area contributed by atoms with Crippen LogP contribution in [-0.4, -0.2) is 38.8 Å². The number of aromatic nitrogens is 2. The van der Waals surface area contributed by atoms with E-state index >= 15 is 0 Å². The molecule has 0 bridgehead atoms. The Balaban J connectivity index is 1.76. The SMILES string of the molecule is COC(=O)c1csc(S(=O)(=O)N[C@H](c2n[nH]c(=O)o2)[C@H](C)c2cccc3c2CCCC3)c1OC. The Labute approximate surface area is 200 Å². The standard InChI is InChI=1S/C22H25N3O7S2/c1-12(14-10-6-8-13-7-4-5-9-15(13)14)17(19-23-24-22(27)32-19)25-34(28,29)21-18(30-2)16(11-33-21)20(26)31-3/h6,8,10-12,17,25H,4-5,7,9H2,1-3H3,(H,24,27)/t12-,17+/m1/s1. The number of methoxy groups -OCH3 is 2. The first-order chi connectivity index (χ1) is 16.3. The van der Waals surface area contributed by atoms with Crippen molar-refractivity contribution in [3.8, 4) is 5.75 Å². The van der Waals surface area contributed by atoms with Gasteiger partial charge in [0, 0.05) is 11.3 Å². The average molecular weight is 508 g/mol. The number of fused-ring (bicyclic) bond motifs is 1. The highest BCUT2D eigenvalue weighted by molar-refractivity contribution is 7.91. The number of hydrogen-bond donors (Lipinski definition) is 2. The van der Waals surface area contributed by atoms with Crippen molar-refractivity contribution < 1.29 is 27.1 Å². The third kappa shape index (κ3) is 4.52. The Morgan fingerprint density at radius 1 is 1.26 bits per heavy atom. The van der Waals surface area contributed by atoms with E-state index in [0.29, 0.717) is 0 Å². The van der Waals surface area contributed by atoms with E-state index in [0.717, 1.165) is 42.6 Å². The van der Waals surface area contributed by atoms with Crippen molar-refractivity contribution in [3.05, 3.63) is 62.3 Å². The second-order valence-electron chi connectivity index (χ2n) is 7.99. The first-order valence-electron chi connectivity index (χ1n) is 10.7. The molecule has 182 valence electrons. The molecule has 0 amide bonds. The topological polar surface area (TPSA) is 141 Å². The summed E-state index contributed by atoms with van der Waals surface area (Å²) in [5, 5.41) is 7.47. The summed E-state index contributed by atoms with van der Waals surface area (Å²) in [6.45, 7) is 1.86. The number of nitrogens with one attached hydrogen (secondary N) is 2. The fourth-order valence-electron chi connectivity index (χ4n) is 4.34. The van der Waals surface area contributed by atoms with Gasteiger partial charge in [-0.2, -0.15) is 4.72 Å². The Kier molecular flexibility index (Phi) is 6.91. The molecule has 2 N–H and O–H groups in total. The van der Waals surface area contributed by atoms with Gasteiger partial charge in [-0.1, -0.05) is 25.1 Å². The number of benzene rings is 1. The number of nitrogens with zero attached hydrogens (tertiary/aromatic N) is 1. The lowest BCUT2D eigenvalue weighted by molar-refractivity contribution is 0.0597. The highest BCUT2D eigenvalue weighted by Gasteiger charge is 2.36. The van der Waals surface area contributed by atoms with E-state index in [9.17, 15) is 18.0 Å². The first-order valence-corrected chi connectivity index (χ1v) is 13.0. The van der Waals surface area contributed by atoms with Gasteiger partial charge in [-0.05, 0) is 42.4 Å². The summed E-state index contributed by atoms with van der Waals surface area (Å²) in [5.74, 6) is -2.12. The van der Waals surface area contributed by atoms with Crippen LogP contribution < -0.4 is 15.2 Å². The van der Waals surface area contributed by atoms with Gasteiger partial charge in [-0.3, -0.25) is 0 Å².